The molecular formula is C63H46N2. The Morgan fingerprint density at radius 2 is 0.938 bits per heavy atom. The van der Waals surface area contributed by atoms with Crippen molar-refractivity contribution in [2.75, 3.05) is 0 Å². The van der Waals surface area contributed by atoms with Crippen LogP contribution >= 0.6 is 0 Å². The number of rotatable bonds is 10. The Labute approximate surface area is 381 Å². The van der Waals surface area contributed by atoms with E-state index in [9.17, 15) is 0 Å². The fourth-order valence-corrected chi connectivity index (χ4v) is 10.1. The molecule has 0 bridgehead atoms. The molecule has 0 unspecified atom stereocenters. The molecule has 65 heavy (non-hydrogen) atoms. The summed E-state index contributed by atoms with van der Waals surface area (Å²) in [5.74, 6) is 0.479. The van der Waals surface area contributed by atoms with Crippen LogP contribution in [0.25, 0.3) is 61.0 Å². The molecule has 0 aliphatic heterocycles. The van der Waals surface area contributed by atoms with Crippen molar-refractivity contribution >= 4 is 22.3 Å². The molecule has 0 fully saturated rings. The number of benzene rings is 10. The third-order valence-electron chi connectivity index (χ3n) is 13.1. The number of aliphatic imine (C=N–C) groups is 1. The van der Waals surface area contributed by atoms with E-state index in [-0.39, 0.29) is 0 Å². The third-order valence-corrected chi connectivity index (χ3v) is 13.1. The predicted molar refractivity (Wildman–Crippen MR) is 273 cm³/mol. The van der Waals surface area contributed by atoms with Gasteiger partial charge < -0.3 is 5.73 Å². The number of allylic oxidation sites excluding steroid dienone is 1. The zero-order chi connectivity index (χ0) is 43.6. The van der Waals surface area contributed by atoms with Gasteiger partial charge in [-0.3, -0.25) is 0 Å². The minimum atomic E-state index is -0.445. The van der Waals surface area contributed by atoms with E-state index in [4.69, 9.17) is 10.7 Å². The highest BCUT2D eigenvalue weighted by molar-refractivity contribution is 6.06. The van der Waals surface area contributed by atoms with Gasteiger partial charge in [-0.1, -0.05) is 249 Å². The maximum atomic E-state index is 6.86. The Kier molecular flexibility index (Phi) is 10.4. The first-order valence-electron chi connectivity index (χ1n) is 22.4. The molecule has 0 saturated heterocycles. The molecule has 10 aromatic rings. The van der Waals surface area contributed by atoms with Crippen molar-refractivity contribution in [2.45, 2.75) is 11.8 Å². The fourth-order valence-electron chi connectivity index (χ4n) is 10.1. The van der Waals surface area contributed by atoms with Crippen molar-refractivity contribution in [3.05, 3.63) is 294 Å². The summed E-state index contributed by atoms with van der Waals surface area (Å²) >= 11 is 0. The lowest BCUT2D eigenvalue weighted by atomic mass is 9.67. The maximum absolute atomic E-state index is 6.86. The second kappa shape index (κ2) is 17.1. The average molecular weight is 831 g/mol. The van der Waals surface area contributed by atoms with Crippen LogP contribution < -0.4 is 5.73 Å². The van der Waals surface area contributed by atoms with Gasteiger partial charge in [-0.15, -0.1) is 0 Å². The van der Waals surface area contributed by atoms with Crippen LogP contribution in [-0.4, -0.2) is 5.84 Å². The molecule has 10 aromatic carbocycles. The first-order chi connectivity index (χ1) is 32.2. The minimum absolute atomic E-state index is 0.445. The topological polar surface area (TPSA) is 38.4 Å². The maximum Gasteiger partial charge on any atom is 0.131 e. The number of nitrogens with two attached hydrogens (primary N) is 1. The van der Waals surface area contributed by atoms with Crippen molar-refractivity contribution in [1.29, 1.82) is 0 Å². The number of hydrogen-bond acceptors (Lipinski definition) is 1. The van der Waals surface area contributed by atoms with E-state index >= 15 is 0 Å². The predicted octanol–water partition coefficient (Wildman–Crippen LogP) is 15.2. The second-order valence-corrected chi connectivity index (χ2v) is 16.8. The molecule has 0 spiro atoms. The highest BCUT2D eigenvalue weighted by atomic mass is 14.9. The first-order valence-corrected chi connectivity index (χ1v) is 22.4. The molecule has 1 aliphatic carbocycles. The van der Waals surface area contributed by atoms with Gasteiger partial charge in [-0.2, -0.15) is 0 Å². The summed E-state index contributed by atoms with van der Waals surface area (Å²) in [5.41, 5.74) is 25.1. The summed E-state index contributed by atoms with van der Waals surface area (Å²) in [5, 5.41) is 2.28. The quantitative estimate of drug-likeness (QED) is 0.108. The van der Waals surface area contributed by atoms with Crippen LogP contribution in [0.15, 0.2) is 260 Å². The fraction of sp³-hybridized carbons (Fsp3) is 0.0317. The van der Waals surface area contributed by atoms with Crippen LogP contribution in [0.2, 0.25) is 0 Å². The zero-order valence-corrected chi connectivity index (χ0v) is 36.0. The van der Waals surface area contributed by atoms with Crippen LogP contribution in [0.3, 0.4) is 0 Å². The molecule has 0 aromatic heterocycles. The van der Waals surface area contributed by atoms with Crippen LogP contribution in [0, 0.1) is 0 Å². The summed E-state index contributed by atoms with van der Waals surface area (Å²) in [6, 6.07) is 89.4. The van der Waals surface area contributed by atoms with Gasteiger partial charge in [0.15, 0.2) is 0 Å². The van der Waals surface area contributed by atoms with E-state index < -0.39 is 5.41 Å². The normalized spacial score (nSPS) is 13.0. The highest BCUT2D eigenvalue weighted by Crippen LogP contribution is 2.56. The molecule has 2 heteroatoms. The number of hydrogen-bond donors (Lipinski definition) is 1. The van der Waals surface area contributed by atoms with Gasteiger partial charge in [0.2, 0.25) is 0 Å². The number of fused-ring (bicyclic) bond motifs is 4. The molecule has 0 amide bonds. The molecule has 0 heterocycles. The zero-order valence-electron chi connectivity index (χ0n) is 36.0. The van der Waals surface area contributed by atoms with Gasteiger partial charge in [-0.25, -0.2) is 4.99 Å². The summed E-state index contributed by atoms with van der Waals surface area (Å²) in [7, 11) is 0. The lowest BCUT2D eigenvalue weighted by molar-refractivity contribution is 0.768. The molecule has 308 valence electrons. The summed E-state index contributed by atoms with van der Waals surface area (Å²) in [6.07, 6.45) is 2.91. The van der Waals surface area contributed by atoms with Crippen molar-refractivity contribution in [3.63, 3.8) is 0 Å². The molecular weight excluding hydrogens is 785 g/mol. The van der Waals surface area contributed by atoms with Crippen molar-refractivity contribution < 1.29 is 0 Å². The van der Waals surface area contributed by atoms with E-state index in [2.05, 4.69) is 224 Å². The summed E-state index contributed by atoms with van der Waals surface area (Å²) in [6.45, 7) is 0. The highest BCUT2D eigenvalue weighted by Gasteiger charge is 2.46. The molecule has 2 N–H and O–H groups in total. The van der Waals surface area contributed by atoms with Crippen LogP contribution in [0.5, 0.6) is 0 Å². The van der Waals surface area contributed by atoms with Crippen molar-refractivity contribution in [2.24, 2.45) is 10.7 Å². The Morgan fingerprint density at radius 3 is 1.62 bits per heavy atom. The average Bonchev–Trinajstić information content (AvgIpc) is 3.69. The third kappa shape index (κ3) is 7.16. The second-order valence-electron chi connectivity index (χ2n) is 16.8. The smallest absolute Gasteiger partial charge is 0.131 e. The Balaban J connectivity index is 1.04. The molecule has 0 saturated carbocycles. The standard InChI is InChI=1S/C63H46N2/c64-62(47-24-10-3-11-25-47)65-61(41-35-44-34-37-51(45-20-6-1-7-21-45)57(42-44)46-22-8-2-9-23-46)56-39-38-52(53-30-16-17-31-54(53)56)48-36-40-60-58(43-48)55-32-18-19-33-59(55)63(60,49-26-12-4-13-27-49)50-28-14-5-15-29-50/h1-34,36-43H,35H2,(H2,64,65)/b61-41-. The van der Waals surface area contributed by atoms with E-state index in [1.54, 1.807) is 0 Å². The van der Waals surface area contributed by atoms with Gasteiger partial charge >= 0.3 is 0 Å². The van der Waals surface area contributed by atoms with Crippen LogP contribution in [-0.2, 0) is 11.8 Å². The largest absolute Gasteiger partial charge is 0.383 e. The minimum Gasteiger partial charge on any atom is -0.383 e. The van der Waals surface area contributed by atoms with E-state index in [0.717, 1.165) is 27.6 Å². The van der Waals surface area contributed by atoms with Gasteiger partial charge in [-0.05, 0) is 95.6 Å². The van der Waals surface area contributed by atoms with Crippen molar-refractivity contribution in [3.8, 4) is 44.5 Å². The Bertz CT molecular complexity index is 3330. The van der Waals surface area contributed by atoms with E-state index in [0.29, 0.717) is 12.3 Å². The molecule has 0 radical (unpaired) electrons. The van der Waals surface area contributed by atoms with Gasteiger partial charge in [0.25, 0.3) is 0 Å². The molecule has 2 nitrogen and oxygen atoms in total. The summed E-state index contributed by atoms with van der Waals surface area (Å²) < 4.78 is 0. The Morgan fingerprint density at radius 1 is 0.400 bits per heavy atom. The van der Waals surface area contributed by atoms with Gasteiger partial charge in [0.05, 0.1) is 11.1 Å². The van der Waals surface area contributed by atoms with E-state index in [1.165, 1.54) is 72.3 Å². The Hall–Kier alpha value is -8.33. The molecule has 1 aliphatic rings. The van der Waals surface area contributed by atoms with E-state index in [1.807, 2.05) is 30.3 Å². The van der Waals surface area contributed by atoms with Crippen LogP contribution in [0.4, 0.5) is 0 Å². The summed E-state index contributed by atoms with van der Waals surface area (Å²) in [4.78, 5) is 5.23. The monoisotopic (exact) mass is 830 g/mol. The number of nitrogens with zero attached hydrogens (tertiary/aromatic N) is 1. The van der Waals surface area contributed by atoms with Gasteiger partial charge in [0, 0.05) is 11.1 Å². The SMILES string of the molecule is NC(=N/C(=C\Cc1ccc(-c2ccccc2)c(-c2ccccc2)c1)c1ccc(-c2ccc3c(c2)-c2ccccc2C3(c2ccccc2)c2ccccc2)c2ccccc12)c1ccccc1. The lowest BCUT2D eigenvalue weighted by Gasteiger charge is -2.33. The number of amidine groups is 1. The lowest BCUT2D eigenvalue weighted by Crippen LogP contribution is -2.28. The molecule has 0 atom stereocenters. The molecule has 11 rings (SSSR count). The van der Waals surface area contributed by atoms with Crippen LogP contribution in [0.1, 0.15) is 38.9 Å². The first kappa shape index (κ1) is 39.5. The van der Waals surface area contributed by atoms with Gasteiger partial charge in [0.1, 0.15) is 5.84 Å². The van der Waals surface area contributed by atoms with Crippen molar-refractivity contribution in [1.82, 2.24) is 0 Å².